The Morgan fingerprint density at radius 1 is 1.14 bits per heavy atom. The highest BCUT2D eigenvalue weighted by Crippen LogP contribution is 2.34. The predicted molar refractivity (Wildman–Crippen MR) is 105 cm³/mol. The van der Waals surface area contributed by atoms with Crippen molar-refractivity contribution in [1.82, 2.24) is 19.7 Å². The van der Waals surface area contributed by atoms with Crippen molar-refractivity contribution < 1.29 is 14.3 Å². The van der Waals surface area contributed by atoms with E-state index in [2.05, 4.69) is 25.3 Å². The first-order valence-electron chi connectivity index (χ1n) is 9.54. The number of aromatic nitrogens is 4. The lowest BCUT2D eigenvalue weighted by Gasteiger charge is -2.32. The number of carbonyl (C=O) groups excluding carboxylic acids is 1. The van der Waals surface area contributed by atoms with Crippen LogP contribution in [0.4, 0.5) is 11.5 Å². The van der Waals surface area contributed by atoms with Crippen LogP contribution in [0.1, 0.15) is 12.8 Å². The lowest BCUT2D eigenvalue weighted by Crippen LogP contribution is -2.41. The molecule has 0 saturated carbocycles. The van der Waals surface area contributed by atoms with Crippen LogP contribution in [0.25, 0.3) is 5.82 Å². The molecule has 1 fully saturated rings. The second-order valence-corrected chi connectivity index (χ2v) is 7.03. The summed E-state index contributed by atoms with van der Waals surface area (Å²) < 4.78 is 12.4. The fraction of sp³-hybridized carbons (Fsp3) is 0.300. The Morgan fingerprint density at radius 2 is 2.03 bits per heavy atom. The van der Waals surface area contributed by atoms with Gasteiger partial charge in [0.25, 0.3) is 0 Å². The summed E-state index contributed by atoms with van der Waals surface area (Å²) in [6.45, 7) is 1.67. The first-order valence-corrected chi connectivity index (χ1v) is 9.54. The summed E-state index contributed by atoms with van der Waals surface area (Å²) in [7, 11) is 0. The molecule has 1 aromatic carbocycles. The zero-order valence-corrected chi connectivity index (χ0v) is 15.7. The summed E-state index contributed by atoms with van der Waals surface area (Å²) in [5.74, 6) is 2.72. The maximum atomic E-state index is 12.8. The Morgan fingerprint density at radius 3 is 2.93 bits per heavy atom. The summed E-state index contributed by atoms with van der Waals surface area (Å²) in [6.07, 6.45) is 6.83. The van der Waals surface area contributed by atoms with Crippen LogP contribution < -0.4 is 19.7 Å². The highest BCUT2D eigenvalue weighted by molar-refractivity contribution is 5.93. The van der Waals surface area contributed by atoms with E-state index in [0.29, 0.717) is 29.5 Å². The number of benzene rings is 1. The molecule has 1 saturated heterocycles. The van der Waals surface area contributed by atoms with Crippen molar-refractivity contribution in [3.8, 4) is 17.3 Å². The Labute approximate surface area is 167 Å². The molecule has 0 aliphatic carbocycles. The van der Waals surface area contributed by atoms with Gasteiger partial charge in [-0.3, -0.25) is 4.79 Å². The second-order valence-electron chi connectivity index (χ2n) is 7.03. The minimum atomic E-state index is -0.128. The molecule has 0 bridgehead atoms. The molecule has 148 valence electrons. The standard InChI is InChI=1S/C20H20N6O3/c27-20(24-15-4-5-16-17(9-15)29-13-28-16)14-3-1-7-25(11-14)18-10-19(22-12-21-18)26-8-2-6-23-26/h2,4-6,8-10,12,14H,1,3,7,11,13H2,(H,24,27). The predicted octanol–water partition coefficient (Wildman–Crippen LogP) is 2.25. The maximum absolute atomic E-state index is 12.8. The minimum Gasteiger partial charge on any atom is -0.454 e. The molecule has 2 aliphatic rings. The number of fused-ring (bicyclic) bond motifs is 1. The van der Waals surface area contributed by atoms with E-state index in [9.17, 15) is 4.79 Å². The lowest BCUT2D eigenvalue weighted by molar-refractivity contribution is -0.120. The van der Waals surface area contributed by atoms with Gasteiger partial charge < -0.3 is 19.7 Å². The molecule has 4 heterocycles. The van der Waals surface area contributed by atoms with Gasteiger partial charge in [-0.05, 0) is 31.0 Å². The zero-order valence-electron chi connectivity index (χ0n) is 15.7. The molecule has 9 heteroatoms. The number of amides is 1. The van der Waals surface area contributed by atoms with Gasteiger partial charge in [-0.1, -0.05) is 0 Å². The number of piperidine rings is 1. The van der Waals surface area contributed by atoms with Gasteiger partial charge in [-0.2, -0.15) is 5.10 Å². The van der Waals surface area contributed by atoms with Crippen molar-refractivity contribution in [3.63, 3.8) is 0 Å². The smallest absolute Gasteiger partial charge is 0.231 e. The van der Waals surface area contributed by atoms with E-state index < -0.39 is 0 Å². The molecule has 2 aliphatic heterocycles. The van der Waals surface area contributed by atoms with E-state index in [1.54, 1.807) is 16.9 Å². The van der Waals surface area contributed by atoms with Gasteiger partial charge in [0.05, 0.1) is 5.92 Å². The van der Waals surface area contributed by atoms with Gasteiger partial charge >= 0.3 is 0 Å². The average Bonchev–Trinajstić information content (AvgIpc) is 3.46. The second kappa shape index (κ2) is 7.42. The van der Waals surface area contributed by atoms with Crippen LogP contribution in [0.5, 0.6) is 11.5 Å². The van der Waals surface area contributed by atoms with Crippen molar-refractivity contribution in [2.45, 2.75) is 12.8 Å². The number of nitrogens with zero attached hydrogens (tertiary/aromatic N) is 5. The van der Waals surface area contributed by atoms with Gasteiger partial charge in [-0.15, -0.1) is 0 Å². The van der Waals surface area contributed by atoms with Gasteiger partial charge in [0.1, 0.15) is 12.1 Å². The number of hydrogen-bond acceptors (Lipinski definition) is 7. The van der Waals surface area contributed by atoms with Crippen LogP contribution in [0, 0.1) is 5.92 Å². The van der Waals surface area contributed by atoms with E-state index in [-0.39, 0.29) is 18.6 Å². The largest absolute Gasteiger partial charge is 0.454 e. The molecule has 3 aromatic rings. The first kappa shape index (κ1) is 17.5. The van der Waals surface area contributed by atoms with Crippen LogP contribution in [0.3, 0.4) is 0 Å². The van der Waals surface area contributed by atoms with Crippen molar-refractivity contribution in [1.29, 1.82) is 0 Å². The summed E-state index contributed by atoms with van der Waals surface area (Å²) >= 11 is 0. The first-order chi connectivity index (χ1) is 14.3. The summed E-state index contributed by atoms with van der Waals surface area (Å²) in [4.78, 5) is 23.6. The van der Waals surface area contributed by atoms with E-state index in [0.717, 1.165) is 25.2 Å². The molecular formula is C20H20N6O3. The summed E-state index contributed by atoms with van der Waals surface area (Å²) in [6, 6.07) is 9.17. The SMILES string of the molecule is O=C(Nc1ccc2c(c1)OCO2)C1CCCN(c2cc(-n3cccn3)ncn2)C1. The number of hydrogen-bond donors (Lipinski definition) is 1. The van der Waals surface area contributed by atoms with Gasteiger partial charge in [-0.25, -0.2) is 14.6 Å². The number of anilines is 2. The van der Waals surface area contributed by atoms with Gasteiger partial charge in [0.15, 0.2) is 17.3 Å². The zero-order chi connectivity index (χ0) is 19.6. The Kier molecular flexibility index (Phi) is 4.47. The van der Waals surface area contributed by atoms with Crippen LogP contribution in [-0.4, -0.2) is 45.5 Å². The van der Waals surface area contributed by atoms with E-state index >= 15 is 0 Å². The van der Waals surface area contributed by atoms with Gasteiger partial charge in [0.2, 0.25) is 12.7 Å². The van der Waals surface area contributed by atoms with E-state index in [1.165, 1.54) is 6.33 Å². The fourth-order valence-corrected chi connectivity index (χ4v) is 3.66. The number of ether oxygens (including phenoxy) is 2. The van der Waals surface area contributed by atoms with Crippen LogP contribution >= 0.6 is 0 Å². The molecular weight excluding hydrogens is 372 g/mol. The molecule has 0 radical (unpaired) electrons. The summed E-state index contributed by atoms with van der Waals surface area (Å²) in [5, 5.41) is 7.21. The number of rotatable bonds is 4. The quantitative estimate of drug-likeness (QED) is 0.728. The number of nitrogens with one attached hydrogen (secondary N) is 1. The fourth-order valence-electron chi connectivity index (χ4n) is 3.66. The number of carbonyl (C=O) groups is 1. The highest BCUT2D eigenvalue weighted by atomic mass is 16.7. The Hall–Kier alpha value is -3.62. The third kappa shape index (κ3) is 3.58. The van der Waals surface area contributed by atoms with Crippen molar-refractivity contribution in [2.75, 3.05) is 30.1 Å². The maximum Gasteiger partial charge on any atom is 0.231 e. The molecule has 1 amide bonds. The third-order valence-electron chi connectivity index (χ3n) is 5.13. The molecule has 9 nitrogen and oxygen atoms in total. The van der Waals surface area contributed by atoms with Crippen LogP contribution in [-0.2, 0) is 4.79 Å². The summed E-state index contributed by atoms with van der Waals surface area (Å²) in [5.41, 5.74) is 0.708. The Balaban J connectivity index is 1.28. The normalized spacial score (nSPS) is 17.9. The molecule has 2 aromatic heterocycles. The minimum absolute atomic E-state index is 0.00470. The molecule has 5 rings (SSSR count). The van der Waals surface area contributed by atoms with Crippen molar-refractivity contribution in [2.24, 2.45) is 5.92 Å². The van der Waals surface area contributed by atoms with E-state index in [4.69, 9.17) is 9.47 Å². The Bertz CT molecular complexity index is 1020. The average molecular weight is 392 g/mol. The lowest BCUT2D eigenvalue weighted by atomic mass is 9.97. The molecule has 29 heavy (non-hydrogen) atoms. The van der Waals surface area contributed by atoms with Gasteiger partial charge in [0, 0.05) is 43.3 Å². The molecule has 1 N–H and O–H groups in total. The van der Waals surface area contributed by atoms with Crippen molar-refractivity contribution in [3.05, 3.63) is 49.1 Å². The van der Waals surface area contributed by atoms with Crippen molar-refractivity contribution >= 4 is 17.4 Å². The van der Waals surface area contributed by atoms with Crippen LogP contribution in [0.15, 0.2) is 49.1 Å². The topological polar surface area (TPSA) is 94.4 Å². The monoisotopic (exact) mass is 392 g/mol. The highest BCUT2D eigenvalue weighted by Gasteiger charge is 2.27. The third-order valence-corrected chi connectivity index (χ3v) is 5.13. The van der Waals surface area contributed by atoms with E-state index in [1.807, 2.05) is 30.5 Å². The van der Waals surface area contributed by atoms with Crippen LogP contribution in [0.2, 0.25) is 0 Å². The molecule has 1 unspecified atom stereocenters. The molecule has 1 atom stereocenters. The molecule has 0 spiro atoms.